The van der Waals surface area contributed by atoms with Crippen LogP contribution in [0.2, 0.25) is 0 Å². The van der Waals surface area contributed by atoms with E-state index in [1.54, 1.807) is 0 Å². The van der Waals surface area contributed by atoms with E-state index in [1.165, 1.54) is 51.6 Å². The summed E-state index contributed by atoms with van der Waals surface area (Å²) in [5.74, 6) is 0. The first-order valence-electron chi connectivity index (χ1n) is 5.47. The Labute approximate surface area is 85.8 Å². The van der Waals surface area contributed by atoms with E-state index in [0.717, 1.165) is 5.03 Å². The highest BCUT2D eigenvalue weighted by atomic mass is 35.5. The molecule has 1 aliphatic heterocycles. The topological polar surface area (TPSA) is 3.24 Å². The van der Waals surface area contributed by atoms with Crippen molar-refractivity contribution in [2.24, 2.45) is 0 Å². The van der Waals surface area contributed by atoms with Gasteiger partial charge in [0.05, 0.1) is 0 Å². The molecule has 74 valence electrons. The van der Waals surface area contributed by atoms with Crippen molar-refractivity contribution >= 4 is 11.6 Å². The van der Waals surface area contributed by atoms with Crippen LogP contribution in [0.4, 0.5) is 0 Å². The molecule has 1 aliphatic carbocycles. The number of hydrogen-bond acceptors (Lipinski definition) is 1. The molecule has 0 radical (unpaired) electrons. The van der Waals surface area contributed by atoms with Gasteiger partial charge < -0.3 is 0 Å². The van der Waals surface area contributed by atoms with Crippen molar-refractivity contribution in [3.8, 4) is 0 Å². The maximum atomic E-state index is 6.24. The van der Waals surface area contributed by atoms with Crippen molar-refractivity contribution < 1.29 is 0 Å². The van der Waals surface area contributed by atoms with Gasteiger partial charge in [-0.3, -0.25) is 4.90 Å². The molecule has 1 heterocycles. The van der Waals surface area contributed by atoms with Gasteiger partial charge in [0.15, 0.2) is 0 Å². The Kier molecular flexibility index (Phi) is 3.28. The quantitative estimate of drug-likeness (QED) is 0.627. The van der Waals surface area contributed by atoms with Crippen LogP contribution in [0.3, 0.4) is 0 Å². The maximum Gasteiger partial charge on any atom is 0.0452 e. The maximum absolute atomic E-state index is 6.24. The number of halogens is 1. The summed E-state index contributed by atoms with van der Waals surface area (Å²) in [6.45, 7) is 2.52. The zero-order valence-electron chi connectivity index (χ0n) is 8.14. The van der Waals surface area contributed by atoms with Gasteiger partial charge in [-0.25, -0.2) is 0 Å². The largest absolute Gasteiger partial charge is 0.295 e. The molecular formula is C11H18ClN. The molecule has 1 saturated heterocycles. The molecule has 13 heavy (non-hydrogen) atoms. The number of piperidine rings is 1. The van der Waals surface area contributed by atoms with Crippen LogP contribution < -0.4 is 0 Å². The van der Waals surface area contributed by atoms with Gasteiger partial charge in [0.1, 0.15) is 0 Å². The Morgan fingerprint density at radius 1 is 1.15 bits per heavy atom. The first-order valence-corrected chi connectivity index (χ1v) is 5.85. The Morgan fingerprint density at radius 3 is 2.62 bits per heavy atom. The van der Waals surface area contributed by atoms with E-state index in [1.807, 2.05) is 0 Å². The SMILES string of the molecule is ClC1=CCCCC1N1CCCCC1. The summed E-state index contributed by atoms with van der Waals surface area (Å²) in [5.41, 5.74) is 0. The summed E-state index contributed by atoms with van der Waals surface area (Å²) < 4.78 is 0. The molecule has 0 amide bonds. The molecule has 0 aromatic rings. The summed E-state index contributed by atoms with van der Waals surface area (Å²) in [6, 6.07) is 0.565. The normalized spacial score (nSPS) is 31.5. The monoisotopic (exact) mass is 199 g/mol. The fraction of sp³-hybridized carbons (Fsp3) is 0.818. The van der Waals surface area contributed by atoms with Gasteiger partial charge in [-0.2, -0.15) is 0 Å². The molecule has 0 spiro atoms. The molecule has 2 rings (SSSR count). The molecule has 1 atom stereocenters. The van der Waals surface area contributed by atoms with E-state index < -0.39 is 0 Å². The van der Waals surface area contributed by atoms with Gasteiger partial charge in [0.25, 0.3) is 0 Å². The van der Waals surface area contributed by atoms with E-state index >= 15 is 0 Å². The Bertz CT molecular complexity index is 194. The van der Waals surface area contributed by atoms with Crippen molar-refractivity contribution in [2.45, 2.75) is 44.6 Å². The highest BCUT2D eigenvalue weighted by Gasteiger charge is 2.24. The second-order valence-corrected chi connectivity index (χ2v) is 4.57. The van der Waals surface area contributed by atoms with E-state index in [0.29, 0.717) is 6.04 Å². The lowest BCUT2D eigenvalue weighted by atomic mass is 9.98. The third-order valence-corrected chi connectivity index (χ3v) is 3.58. The average Bonchev–Trinajstić information content (AvgIpc) is 2.20. The minimum absolute atomic E-state index is 0.565. The Balaban J connectivity index is 1.97. The number of nitrogens with zero attached hydrogens (tertiary/aromatic N) is 1. The van der Waals surface area contributed by atoms with Crippen molar-refractivity contribution in [1.29, 1.82) is 0 Å². The third-order valence-electron chi connectivity index (χ3n) is 3.17. The predicted molar refractivity (Wildman–Crippen MR) is 57.0 cm³/mol. The van der Waals surface area contributed by atoms with Gasteiger partial charge in [-0.15, -0.1) is 0 Å². The summed E-state index contributed by atoms with van der Waals surface area (Å²) in [6.07, 6.45) is 10.1. The van der Waals surface area contributed by atoms with Gasteiger partial charge >= 0.3 is 0 Å². The fourth-order valence-corrected chi connectivity index (χ4v) is 2.77. The highest BCUT2D eigenvalue weighted by molar-refractivity contribution is 6.30. The van der Waals surface area contributed by atoms with Crippen LogP contribution in [0.15, 0.2) is 11.1 Å². The molecule has 1 unspecified atom stereocenters. The third kappa shape index (κ3) is 2.26. The van der Waals surface area contributed by atoms with Crippen LogP contribution in [0.5, 0.6) is 0 Å². The van der Waals surface area contributed by atoms with Gasteiger partial charge in [0, 0.05) is 11.1 Å². The van der Waals surface area contributed by atoms with Crippen LogP contribution in [-0.4, -0.2) is 24.0 Å². The standard InChI is InChI=1S/C11H18ClN/c12-10-6-2-3-7-11(10)13-8-4-1-5-9-13/h6,11H,1-5,7-9H2. The van der Waals surface area contributed by atoms with E-state index in [2.05, 4.69) is 11.0 Å². The van der Waals surface area contributed by atoms with Crippen LogP contribution >= 0.6 is 11.6 Å². The van der Waals surface area contributed by atoms with Crippen LogP contribution in [0.25, 0.3) is 0 Å². The lowest BCUT2D eigenvalue weighted by molar-refractivity contribution is 0.176. The van der Waals surface area contributed by atoms with Crippen LogP contribution in [0.1, 0.15) is 38.5 Å². The zero-order chi connectivity index (χ0) is 9.10. The van der Waals surface area contributed by atoms with Gasteiger partial charge in [-0.1, -0.05) is 24.1 Å². The van der Waals surface area contributed by atoms with Crippen LogP contribution in [0, 0.1) is 0 Å². The van der Waals surface area contributed by atoms with E-state index in [9.17, 15) is 0 Å². The molecule has 1 fully saturated rings. The molecule has 1 nitrogen and oxygen atoms in total. The predicted octanol–water partition coefficient (Wildman–Crippen LogP) is 3.15. The number of allylic oxidation sites excluding steroid dienone is 1. The van der Waals surface area contributed by atoms with Crippen molar-refractivity contribution in [3.63, 3.8) is 0 Å². The molecule has 0 N–H and O–H groups in total. The zero-order valence-corrected chi connectivity index (χ0v) is 8.89. The van der Waals surface area contributed by atoms with Crippen molar-refractivity contribution in [2.75, 3.05) is 13.1 Å². The lowest BCUT2D eigenvalue weighted by Crippen LogP contribution is -2.40. The average molecular weight is 200 g/mol. The second kappa shape index (κ2) is 4.47. The summed E-state index contributed by atoms with van der Waals surface area (Å²) in [4.78, 5) is 2.57. The molecule has 2 aliphatic rings. The minimum atomic E-state index is 0.565. The Morgan fingerprint density at radius 2 is 1.92 bits per heavy atom. The summed E-state index contributed by atoms with van der Waals surface area (Å²) >= 11 is 6.24. The molecule has 0 bridgehead atoms. The molecule has 0 saturated carbocycles. The molecule has 0 aromatic heterocycles. The van der Waals surface area contributed by atoms with Crippen molar-refractivity contribution in [3.05, 3.63) is 11.1 Å². The first kappa shape index (κ1) is 9.54. The lowest BCUT2D eigenvalue weighted by Gasteiger charge is -2.35. The van der Waals surface area contributed by atoms with E-state index in [-0.39, 0.29) is 0 Å². The smallest absolute Gasteiger partial charge is 0.0452 e. The number of likely N-dealkylation sites (tertiary alicyclic amines) is 1. The Hall–Kier alpha value is -0.0100. The van der Waals surface area contributed by atoms with E-state index in [4.69, 9.17) is 11.6 Å². The minimum Gasteiger partial charge on any atom is -0.295 e. The summed E-state index contributed by atoms with van der Waals surface area (Å²) in [5, 5.41) is 1.10. The number of rotatable bonds is 1. The molecular weight excluding hydrogens is 182 g/mol. The van der Waals surface area contributed by atoms with Gasteiger partial charge in [0.2, 0.25) is 0 Å². The molecule has 0 aromatic carbocycles. The van der Waals surface area contributed by atoms with Crippen LogP contribution in [-0.2, 0) is 0 Å². The second-order valence-electron chi connectivity index (χ2n) is 4.13. The molecule has 2 heteroatoms. The highest BCUT2D eigenvalue weighted by Crippen LogP contribution is 2.28. The van der Waals surface area contributed by atoms with Crippen molar-refractivity contribution in [1.82, 2.24) is 4.90 Å². The number of hydrogen-bond donors (Lipinski definition) is 0. The fourth-order valence-electron chi connectivity index (χ4n) is 2.41. The van der Waals surface area contributed by atoms with Gasteiger partial charge in [-0.05, 0) is 45.2 Å². The first-order chi connectivity index (χ1) is 6.38. The summed E-state index contributed by atoms with van der Waals surface area (Å²) in [7, 11) is 0.